The number of hydrogen-bond acceptors (Lipinski definition) is 4. The van der Waals surface area contributed by atoms with Gasteiger partial charge in [0.05, 0.1) is 19.2 Å². The van der Waals surface area contributed by atoms with Crippen molar-refractivity contribution in [3.63, 3.8) is 0 Å². The number of rotatable bonds is 4. The summed E-state index contributed by atoms with van der Waals surface area (Å²) in [4.78, 5) is 24.6. The average molecular weight is 350 g/mol. The molecule has 0 fully saturated rings. The lowest BCUT2D eigenvalue weighted by Crippen LogP contribution is -2.36. The Labute approximate surface area is 142 Å². The van der Waals surface area contributed by atoms with Gasteiger partial charge in [-0.05, 0) is 36.4 Å². The fourth-order valence-electron chi connectivity index (χ4n) is 2.69. The van der Waals surface area contributed by atoms with Crippen molar-refractivity contribution in [1.82, 2.24) is 0 Å². The van der Waals surface area contributed by atoms with Crippen LogP contribution in [0.25, 0.3) is 0 Å². The molecule has 0 spiro atoms. The van der Waals surface area contributed by atoms with Gasteiger partial charge in [0.2, 0.25) is 0 Å². The van der Waals surface area contributed by atoms with Crippen LogP contribution in [0.5, 0.6) is 5.75 Å². The van der Waals surface area contributed by atoms with E-state index in [0.29, 0.717) is 5.75 Å². The second-order valence-corrected chi connectivity index (χ2v) is 5.83. The van der Waals surface area contributed by atoms with Gasteiger partial charge in [0.15, 0.2) is 11.4 Å². The largest absolute Gasteiger partial charge is 0.497 e. The lowest BCUT2D eigenvalue weighted by Gasteiger charge is -2.21. The Bertz CT molecular complexity index is 837. The van der Waals surface area contributed by atoms with Gasteiger partial charge in [-0.2, -0.15) is 0 Å². The number of aliphatic hydroxyl groups is 1. The molecule has 2 aromatic carbocycles. The van der Waals surface area contributed by atoms with Gasteiger partial charge in [0.1, 0.15) is 11.6 Å². The molecule has 0 saturated carbocycles. The van der Waals surface area contributed by atoms with Crippen molar-refractivity contribution >= 4 is 29.0 Å². The predicted octanol–water partition coefficient (Wildman–Crippen LogP) is 2.90. The van der Waals surface area contributed by atoms with Crippen LogP contribution < -0.4 is 10.1 Å². The second-order valence-electron chi connectivity index (χ2n) is 5.42. The first-order chi connectivity index (χ1) is 11.4. The molecule has 2 aromatic rings. The van der Waals surface area contributed by atoms with Crippen molar-refractivity contribution < 1.29 is 23.8 Å². The second kappa shape index (κ2) is 5.89. The molecule has 0 radical (unpaired) electrons. The van der Waals surface area contributed by atoms with Crippen molar-refractivity contribution in [3.05, 3.63) is 58.4 Å². The highest BCUT2D eigenvalue weighted by molar-refractivity contribution is 6.33. The molecule has 7 heteroatoms. The van der Waals surface area contributed by atoms with E-state index in [0.717, 1.165) is 6.07 Å². The minimum atomic E-state index is -2.22. The van der Waals surface area contributed by atoms with E-state index in [-0.39, 0.29) is 21.8 Å². The summed E-state index contributed by atoms with van der Waals surface area (Å²) in [5, 5.41) is 13.0. The highest BCUT2D eigenvalue weighted by atomic mass is 35.5. The Balaban J connectivity index is 1.96. The topological polar surface area (TPSA) is 75.6 Å². The fraction of sp³-hybridized carbons (Fsp3) is 0.176. The van der Waals surface area contributed by atoms with Crippen molar-refractivity contribution in [2.45, 2.75) is 12.0 Å². The minimum Gasteiger partial charge on any atom is -0.497 e. The van der Waals surface area contributed by atoms with Crippen molar-refractivity contribution in [2.75, 3.05) is 12.4 Å². The van der Waals surface area contributed by atoms with Crippen LogP contribution in [0.4, 0.5) is 10.1 Å². The summed E-state index contributed by atoms with van der Waals surface area (Å²) in [5.74, 6) is -1.52. The monoisotopic (exact) mass is 349 g/mol. The molecule has 0 aliphatic carbocycles. The van der Waals surface area contributed by atoms with E-state index in [2.05, 4.69) is 5.32 Å². The standard InChI is InChI=1S/C17H13ClFNO4/c1-24-10-4-2-9(3-5-10)13(21)8-17(23)14-11(18)6-7-12(19)15(14)20-16(17)22/h2-7,23H,8H2,1H3,(H,20,22)/t17-/m1/s1. The Morgan fingerprint density at radius 2 is 1.96 bits per heavy atom. The smallest absolute Gasteiger partial charge is 0.261 e. The molecule has 2 N–H and O–H groups in total. The first kappa shape index (κ1) is 16.4. The van der Waals surface area contributed by atoms with Crippen molar-refractivity contribution in [1.29, 1.82) is 0 Å². The molecule has 24 heavy (non-hydrogen) atoms. The van der Waals surface area contributed by atoms with Gasteiger partial charge in [-0.25, -0.2) is 4.39 Å². The number of Topliss-reactive ketones (excluding diaryl/α,β-unsaturated/α-hetero) is 1. The third-order valence-electron chi connectivity index (χ3n) is 3.96. The molecule has 1 heterocycles. The SMILES string of the molecule is COc1ccc(C(=O)C[C@]2(O)C(=O)Nc3c(F)ccc(Cl)c32)cc1. The lowest BCUT2D eigenvalue weighted by atomic mass is 9.88. The molecule has 1 aliphatic rings. The van der Waals surface area contributed by atoms with Crippen LogP contribution in [-0.4, -0.2) is 23.9 Å². The van der Waals surface area contributed by atoms with Crippen LogP contribution in [0, 0.1) is 5.82 Å². The normalized spacial score (nSPS) is 18.9. The number of benzene rings is 2. The maximum absolute atomic E-state index is 13.8. The van der Waals surface area contributed by atoms with Crippen molar-refractivity contribution in [3.8, 4) is 5.75 Å². The zero-order valence-electron chi connectivity index (χ0n) is 12.6. The van der Waals surface area contributed by atoms with E-state index in [1.165, 1.54) is 25.3 Å². The summed E-state index contributed by atoms with van der Waals surface area (Å²) >= 11 is 6.01. The summed E-state index contributed by atoms with van der Waals surface area (Å²) in [5.41, 5.74) is -2.24. The number of halogens is 2. The summed E-state index contributed by atoms with van der Waals surface area (Å²) in [7, 11) is 1.50. The Morgan fingerprint density at radius 3 is 2.58 bits per heavy atom. The number of amides is 1. The number of carbonyl (C=O) groups is 2. The molecular formula is C17H13ClFNO4. The quantitative estimate of drug-likeness (QED) is 0.832. The summed E-state index contributed by atoms with van der Waals surface area (Å²) in [6.07, 6.45) is -0.554. The van der Waals surface area contributed by atoms with Crippen molar-refractivity contribution in [2.24, 2.45) is 0 Å². The molecule has 5 nitrogen and oxygen atoms in total. The average Bonchev–Trinajstić information content (AvgIpc) is 2.83. The summed E-state index contributed by atoms with van der Waals surface area (Å²) in [6, 6.07) is 8.54. The van der Waals surface area contributed by atoms with E-state index in [4.69, 9.17) is 16.3 Å². The third-order valence-corrected chi connectivity index (χ3v) is 4.27. The number of methoxy groups -OCH3 is 1. The molecule has 3 rings (SSSR count). The van der Waals surface area contributed by atoms with Crippen LogP contribution in [0.3, 0.4) is 0 Å². The number of ether oxygens (including phenoxy) is 1. The first-order valence-corrected chi connectivity index (χ1v) is 7.44. The van der Waals surface area contributed by atoms with E-state index < -0.39 is 29.5 Å². The summed E-state index contributed by atoms with van der Waals surface area (Å²) in [6.45, 7) is 0. The lowest BCUT2D eigenvalue weighted by molar-refractivity contribution is -0.133. The van der Waals surface area contributed by atoms with E-state index in [1.54, 1.807) is 12.1 Å². The number of hydrogen-bond donors (Lipinski definition) is 2. The number of carbonyl (C=O) groups excluding carboxylic acids is 2. The van der Waals surface area contributed by atoms with Gasteiger partial charge in [0.25, 0.3) is 5.91 Å². The molecule has 0 unspecified atom stereocenters. The maximum Gasteiger partial charge on any atom is 0.261 e. The van der Waals surface area contributed by atoms with Crippen LogP contribution >= 0.6 is 11.6 Å². The molecule has 0 aromatic heterocycles. The number of anilines is 1. The van der Waals surface area contributed by atoms with E-state index in [9.17, 15) is 19.1 Å². The number of fused-ring (bicyclic) bond motifs is 1. The van der Waals surface area contributed by atoms with Gasteiger partial charge >= 0.3 is 0 Å². The predicted molar refractivity (Wildman–Crippen MR) is 85.9 cm³/mol. The molecule has 0 bridgehead atoms. The van der Waals surface area contributed by atoms with E-state index >= 15 is 0 Å². The summed E-state index contributed by atoms with van der Waals surface area (Å²) < 4.78 is 18.9. The number of ketones is 1. The highest BCUT2D eigenvalue weighted by Crippen LogP contribution is 2.44. The van der Waals surface area contributed by atoms with E-state index in [1.807, 2.05) is 0 Å². The molecule has 0 saturated heterocycles. The minimum absolute atomic E-state index is 0.00906. The van der Waals surface area contributed by atoms with Gasteiger partial charge in [-0.3, -0.25) is 9.59 Å². The zero-order valence-corrected chi connectivity index (χ0v) is 13.4. The Hall–Kier alpha value is -2.44. The maximum atomic E-state index is 13.8. The van der Waals surface area contributed by atoms with Crippen LogP contribution in [0.15, 0.2) is 36.4 Å². The Morgan fingerprint density at radius 1 is 1.29 bits per heavy atom. The van der Waals surface area contributed by atoms with Gasteiger partial charge in [-0.1, -0.05) is 11.6 Å². The van der Waals surface area contributed by atoms with Crippen LogP contribution in [-0.2, 0) is 10.4 Å². The van der Waals surface area contributed by atoms with Gasteiger partial charge in [-0.15, -0.1) is 0 Å². The Kier molecular flexibility index (Phi) is 4.03. The van der Waals surface area contributed by atoms with Gasteiger partial charge in [0, 0.05) is 16.1 Å². The number of nitrogens with one attached hydrogen (secondary N) is 1. The first-order valence-electron chi connectivity index (χ1n) is 7.06. The molecule has 1 amide bonds. The highest BCUT2D eigenvalue weighted by Gasteiger charge is 2.49. The fourth-order valence-corrected chi connectivity index (χ4v) is 3.00. The van der Waals surface area contributed by atoms with Crippen LogP contribution in [0.2, 0.25) is 5.02 Å². The van der Waals surface area contributed by atoms with Crippen LogP contribution in [0.1, 0.15) is 22.3 Å². The molecule has 1 atom stereocenters. The molecule has 1 aliphatic heterocycles. The zero-order chi connectivity index (χ0) is 17.5. The molecule has 124 valence electrons. The molecular weight excluding hydrogens is 337 g/mol. The third kappa shape index (κ3) is 2.53. The van der Waals surface area contributed by atoms with Gasteiger partial charge < -0.3 is 15.2 Å².